The Balaban J connectivity index is 2.20. The van der Waals surface area contributed by atoms with Crippen molar-refractivity contribution in [2.24, 2.45) is 0 Å². The lowest BCUT2D eigenvalue weighted by Crippen LogP contribution is -2.30. The van der Waals surface area contributed by atoms with E-state index in [9.17, 15) is 4.79 Å². The summed E-state index contributed by atoms with van der Waals surface area (Å²) in [6.45, 7) is 2.96. The van der Waals surface area contributed by atoms with Crippen LogP contribution in [0.2, 0.25) is 0 Å². The van der Waals surface area contributed by atoms with Crippen molar-refractivity contribution in [3.05, 3.63) is 35.9 Å². The second-order valence-electron chi connectivity index (χ2n) is 4.18. The van der Waals surface area contributed by atoms with Crippen LogP contribution in [0, 0.1) is 0 Å². The quantitative estimate of drug-likeness (QED) is 0.780. The number of amides is 1. The number of halogens is 1. The van der Waals surface area contributed by atoms with Crippen molar-refractivity contribution in [1.82, 2.24) is 4.90 Å². The molecule has 0 bridgehead atoms. The van der Waals surface area contributed by atoms with Crippen LogP contribution in [0.25, 0.3) is 0 Å². The molecule has 0 aromatic heterocycles. The molecule has 0 N–H and O–H groups in total. The maximum Gasteiger partial charge on any atom is 0.224 e. The van der Waals surface area contributed by atoms with Gasteiger partial charge in [-0.2, -0.15) is 0 Å². The monoisotopic (exact) mass is 281 g/mol. The van der Waals surface area contributed by atoms with Crippen LogP contribution >= 0.6 is 15.9 Å². The van der Waals surface area contributed by atoms with Crippen molar-refractivity contribution in [1.29, 1.82) is 0 Å². The lowest BCUT2D eigenvalue weighted by molar-refractivity contribution is -0.129. The lowest BCUT2D eigenvalue weighted by atomic mass is 10.0. The number of nitrogens with zero attached hydrogens (tertiary/aromatic N) is 1. The van der Waals surface area contributed by atoms with Crippen molar-refractivity contribution in [3.63, 3.8) is 0 Å². The van der Waals surface area contributed by atoms with Crippen molar-refractivity contribution < 1.29 is 4.79 Å². The summed E-state index contributed by atoms with van der Waals surface area (Å²) in [5.41, 5.74) is 1.24. The molecule has 1 fully saturated rings. The largest absolute Gasteiger partial charge is 0.334 e. The molecule has 2 nitrogen and oxygen atoms in total. The Labute approximate surface area is 105 Å². The van der Waals surface area contributed by atoms with Crippen molar-refractivity contribution in [2.45, 2.75) is 30.6 Å². The van der Waals surface area contributed by atoms with Gasteiger partial charge in [0.1, 0.15) is 0 Å². The second-order valence-corrected chi connectivity index (χ2v) is 5.48. The molecule has 0 radical (unpaired) electrons. The molecule has 2 atom stereocenters. The molecule has 1 aliphatic rings. The van der Waals surface area contributed by atoms with Crippen molar-refractivity contribution in [3.8, 4) is 0 Å². The molecule has 0 aliphatic carbocycles. The molecule has 86 valence electrons. The predicted molar refractivity (Wildman–Crippen MR) is 68.5 cm³/mol. The third-order valence-corrected chi connectivity index (χ3v) is 3.67. The highest BCUT2D eigenvalue weighted by molar-refractivity contribution is 9.09. The Morgan fingerprint density at radius 1 is 1.44 bits per heavy atom. The normalized spacial score (nSPS) is 22.5. The Morgan fingerprint density at radius 2 is 2.12 bits per heavy atom. The first kappa shape index (κ1) is 11.6. The average Bonchev–Trinajstić information content (AvgIpc) is 2.61. The van der Waals surface area contributed by atoms with Crippen LogP contribution in [0.3, 0.4) is 0 Å². The number of hydrogen-bond donors (Lipinski definition) is 0. The van der Waals surface area contributed by atoms with Gasteiger partial charge in [0.05, 0.1) is 6.04 Å². The van der Waals surface area contributed by atoms with Gasteiger partial charge < -0.3 is 4.90 Å². The van der Waals surface area contributed by atoms with E-state index in [4.69, 9.17) is 0 Å². The number of likely N-dealkylation sites (tertiary alicyclic amines) is 1. The highest BCUT2D eigenvalue weighted by Crippen LogP contribution is 2.30. The highest BCUT2D eigenvalue weighted by atomic mass is 79.9. The van der Waals surface area contributed by atoms with Gasteiger partial charge in [-0.1, -0.05) is 53.2 Å². The van der Waals surface area contributed by atoms with Crippen LogP contribution in [0.15, 0.2) is 30.3 Å². The molecule has 1 unspecified atom stereocenters. The van der Waals surface area contributed by atoms with E-state index in [0.717, 1.165) is 13.0 Å². The summed E-state index contributed by atoms with van der Waals surface area (Å²) in [4.78, 5) is 14.2. The summed E-state index contributed by atoms with van der Waals surface area (Å²) in [6.07, 6.45) is 1.60. The Hall–Kier alpha value is -0.830. The molecule has 0 spiro atoms. The number of benzene rings is 1. The van der Waals surface area contributed by atoms with Gasteiger partial charge in [0.2, 0.25) is 5.91 Å². The van der Waals surface area contributed by atoms with E-state index in [-0.39, 0.29) is 11.9 Å². The number of carbonyl (C=O) groups excluding carboxylic acids is 1. The van der Waals surface area contributed by atoms with Gasteiger partial charge in [-0.15, -0.1) is 0 Å². The maximum atomic E-state index is 11.9. The van der Waals surface area contributed by atoms with E-state index in [0.29, 0.717) is 11.2 Å². The number of carbonyl (C=O) groups is 1. The standard InChI is InChI=1S/C13H16BrNO/c1-2-12(10-6-4-3-5-7-10)15-9-11(14)8-13(15)16/h3-7,11-12H,2,8-9H2,1H3/t11?,12-/m0/s1. The second kappa shape index (κ2) is 5.00. The minimum Gasteiger partial charge on any atom is -0.334 e. The van der Waals surface area contributed by atoms with E-state index in [1.165, 1.54) is 5.56 Å². The third-order valence-electron chi connectivity index (χ3n) is 3.06. The highest BCUT2D eigenvalue weighted by Gasteiger charge is 2.32. The fraction of sp³-hybridized carbons (Fsp3) is 0.462. The topological polar surface area (TPSA) is 20.3 Å². The lowest BCUT2D eigenvalue weighted by Gasteiger charge is -2.27. The molecule has 1 heterocycles. The van der Waals surface area contributed by atoms with E-state index in [1.807, 2.05) is 23.1 Å². The summed E-state index contributed by atoms with van der Waals surface area (Å²) >= 11 is 3.53. The molecular formula is C13H16BrNO. The molecule has 1 aromatic carbocycles. The van der Waals surface area contributed by atoms with E-state index in [1.54, 1.807) is 0 Å². The summed E-state index contributed by atoms with van der Waals surface area (Å²) in [5, 5.41) is 0. The molecule has 1 saturated heterocycles. The molecule has 0 saturated carbocycles. The van der Waals surface area contributed by atoms with Crippen molar-refractivity contribution >= 4 is 21.8 Å². The first-order chi connectivity index (χ1) is 7.72. The molecule has 1 amide bonds. The van der Waals surface area contributed by atoms with Gasteiger partial charge in [0, 0.05) is 17.8 Å². The van der Waals surface area contributed by atoms with Crippen molar-refractivity contribution in [2.75, 3.05) is 6.54 Å². The van der Waals surface area contributed by atoms with E-state index in [2.05, 4.69) is 35.0 Å². The zero-order valence-corrected chi connectivity index (χ0v) is 11.0. The van der Waals surface area contributed by atoms with E-state index >= 15 is 0 Å². The summed E-state index contributed by atoms with van der Waals surface area (Å²) in [7, 11) is 0. The number of rotatable bonds is 3. The van der Waals surface area contributed by atoms with Crippen LogP contribution in [0.1, 0.15) is 31.4 Å². The smallest absolute Gasteiger partial charge is 0.224 e. The van der Waals surface area contributed by atoms with Gasteiger partial charge in [0.25, 0.3) is 0 Å². The summed E-state index contributed by atoms with van der Waals surface area (Å²) in [5.74, 6) is 0.262. The molecule has 2 rings (SSSR count). The number of alkyl halides is 1. The van der Waals surface area contributed by atoms with Crippen LogP contribution in [-0.2, 0) is 4.79 Å². The van der Waals surface area contributed by atoms with Crippen LogP contribution in [0.4, 0.5) is 0 Å². The first-order valence-electron chi connectivity index (χ1n) is 5.71. The Kier molecular flexibility index (Phi) is 3.64. The SMILES string of the molecule is CC[C@@H](c1ccccc1)N1CC(Br)CC1=O. The maximum absolute atomic E-state index is 11.9. The molecule has 16 heavy (non-hydrogen) atoms. The molecular weight excluding hydrogens is 266 g/mol. The minimum atomic E-state index is 0.233. The van der Waals surface area contributed by atoms with Crippen LogP contribution in [-0.4, -0.2) is 22.2 Å². The summed E-state index contributed by atoms with van der Waals surface area (Å²) < 4.78 is 0. The van der Waals surface area contributed by atoms with Crippen LogP contribution < -0.4 is 0 Å². The van der Waals surface area contributed by atoms with E-state index < -0.39 is 0 Å². The van der Waals surface area contributed by atoms with Gasteiger partial charge in [-0.25, -0.2) is 0 Å². The van der Waals surface area contributed by atoms with Gasteiger partial charge >= 0.3 is 0 Å². The zero-order chi connectivity index (χ0) is 11.5. The molecule has 1 aliphatic heterocycles. The average molecular weight is 282 g/mol. The Morgan fingerprint density at radius 3 is 2.62 bits per heavy atom. The van der Waals surface area contributed by atoms with Gasteiger partial charge in [0.15, 0.2) is 0 Å². The molecule has 3 heteroatoms. The van der Waals surface area contributed by atoms with Gasteiger partial charge in [-0.3, -0.25) is 4.79 Å². The third kappa shape index (κ3) is 2.29. The minimum absolute atomic E-state index is 0.233. The fourth-order valence-corrected chi connectivity index (χ4v) is 2.89. The molecule has 1 aromatic rings. The zero-order valence-electron chi connectivity index (χ0n) is 9.40. The predicted octanol–water partition coefficient (Wildman–Crippen LogP) is 3.13. The van der Waals surface area contributed by atoms with Crippen LogP contribution in [0.5, 0.6) is 0 Å². The number of hydrogen-bond acceptors (Lipinski definition) is 1. The summed E-state index contributed by atoms with van der Waals surface area (Å²) in [6, 6.07) is 10.5. The fourth-order valence-electron chi connectivity index (χ4n) is 2.30. The Bertz CT molecular complexity index is 365. The first-order valence-corrected chi connectivity index (χ1v) is 6.62. The van der Waals surface area contributed by atoms with Gasteiger partial charge in [-0.05, 0) is 12.0 Å².